The van der Waals surface area contributed by atoms with E-state index >= 15 is 0 Å². The Bertz CT molecular complexity index is 466. The molecular weight excluding hydrogens is 368 g/mol. The average Bonchev–Trinajstić information content (AvgIpc) is 2.29. The number of anilines is 1. The first-order valence-electron chi connectivity index (χ1n) is 5.16. The van der Waals surface area contributed by atoms with Crippen molar-refractivity contribution in [2.45, 2.75) is 6.92 Å². The first-order chi connectivity index (χ1) is 8.43. The van der Waals surface area contributed by atoms with Gasteiger partial charge < -0.3 is 15.3 Å². The standard InChI is InChI=1S/C11H12Br2N2O3/c1-2-15(6-10(16)17)11(18)14-9-4-3-7(12)5-8(9)13/h3-5H,2,6H2,1H3,(H,14,18)(H,16,17). The van der Waals surface area contributed by atoms with Gasteiger partial charge in [-0.25, -0.2) is 4.79 Å². The van der Waals surface area contributed by atoms with Gasteiger partial charge in [0.25, 0.3) is 0 Å². The second-order valence-electron chi connectivity index (χ2n) is 3.46. The Morgan fingerprint density at radius 3 is 2.56 bits per heavy atom. The summed E-state index contributed by atoms with van der Waals surface area (Å²) in [6.07, 6.45) is 0. The Hall–Kier alpha value is -1.08. The van der Waals surface area contributed by atoms with Crippen LogP contribution in [0.25, 0.3) is 0 Å². The fourth-order valence-corrected chi connectivity index (χ4v) is 2.42. The van der Waals surface area contributed by atoms with Gasteiger partial charge in [0.1, 0.15) is 6.54 Å². The Kier molecular flexibility index (Phi) is 5.61. The molecule has 0 aliphatic carbocycles. The molecule has 0 aliphatic heterocycles. The van der Waals surface area contributed by atoms with Crippen LogP contribution in [0.2, 0.25) is 0 Å². The van der Waals surface area contributed by atoms with Crippen molar-refractivity contribution < 1.29 is 14.7 Å². The van der Waals surface area contributed by atoms with Gasteiger partial charge in [-0.15, -0.1) is 0 Å². The van der Waals surface area contributed by atoms with Gasteiger partial charge in [-0.05, 0) is 41.1 Å². The van der Waals surface area contributed by atoms with E-state index in [-0.39, 0.29) is 6.54 Å². The number of carboxylic acids is 1. The van der Waals surface area contributed by atoms with E-state index in [1.165, 1.54) is 4.90 Å². The van der Waals surface area contributed by atoms with Crippen molar-refractivity contribution in [1.82, 2.24) is 4.90 Å². The largest absolute Gasteiger partial charge is 0.480 e. The van der Waals surface area contributed by atoms with E-state index in [1.807, 2.05) is 0 Å². The highest BCUT2D eigenvalue weighted by molar-refractivity contribution is 9.11. The summed E-state index contributed by atoms with van der Waals surface area (Å²) in [6, 6.07) is 4.86. The van der Waals surface area contributed by atoms with E-state index in [0.717, 1.165) is 8.95 Å². The first kappa shape index (κ1) is 15.0. The normalized spacial score (nSPS) is 9.94. The van der Waals surface area contributed by atoms with Crippen LogP contribution in [-0.4, -0.2) is 35.1 Å². The lowest BCUT2D eigenvalue weighted by Crippen LogP contribution is -2.38. The van der Waals surface area contributed by atoms with Gasteiger partial charge in [0.05, 0.1) is 5.69 Å². The van der Waals surface area contributed by atoms with Crippen LogP contribution in [0.4, 0.5) is 10.5 Å². The molecule has 7 heteroatoms. The molecule has 0 bridgehead atoms. The van der Waals surface area contributed by atoms with E-state index < -0.39 is 12.0 Å². The fraction of sp³-hybridized carbons (Fsp3) is 0.273. The lowest BCUT2D eigenvalue weighted by Gasteiger charge is -2.19. The number of halogens is 2. The number of nitrogens with zero attached hydrogens (tertiary/aromatic N) is 1. The second-order valence-corrected chi connectivity index (χ2v) is 5.23. The summed E-state index contributed by atoms with van der Waals surface area (Å²) in [7, 11) is 0. The summed E-state index contributed by atoms with van der Waals surface area (Å²) >= 11 is 6.62. The Morgan fingerprint density at radius 2 is 2.06 bits per heavy atom. The monoisotopic (exact) mass is 378 g/mol. The van der Waals surface area contributed by atoms with Gasteiger partial charge in [0.2, 0.25) is 0 Å². The molecular formula is C11H12Br2N2O3. The van der Waals surface area contributed by atoms with Gasteiger partial charge in [0, 0.05) is 15.5 Å². The molecule has 1 rings (SSSR count). The number of aliphatic carboxylic acids is 1. The molecule has 1 aromatic rings. The molecule has 2 amide bonds. The van der Waals surface area contributed by atoms with Crippen molar-refractivity contribution in [3.8, 4) is 0 Å². The highest BCUT2D eigenvalue weighted by Gasteiger charge is 2.15. The number of nitrogens with one attached hydrogen (secondary N) is 1. The van der Waals surface area contributed by atoms with Gasteiger partial charge >= 0.3 is 12.0 Å². The van der Waals surface area contributed by atoms with Crippen molar-refractivity contribution >= 4 is 49.5 Å². The molecule has 5 nitrogen and oxygen atoms in total. The van der Waals surface area contributed by atoms with E-state index in [1.54, 1.807) is 25.1 Å². The van der Waals surface area contributed by atoms with E-state index in [4.69, 9.17) is 5.11 Å². The molecule has 0 radical (unpaired) electrons. The number of rotatable bonds is 4. The lowest BCUT2D eigenvalue weighted by molar-refractivity contribution is -0.137. The predicted molar refractivity (Wildman–Crippen MR) is 75.7 cm³/mol. The zero-order valence-corrected chi connectivity index (χ0v) is 12.8. The van der Waals surface area contributed by atoms with Gasteiger partial charge in [0.15, 0.2) is 0 Å². The molecule has 98 valence electrons. The van der Waals surface area contributed by atoms with Crippen molar-refractivity contribution in [2.75, 3.05) is 18.4 Å². The maximum atomic E-state index is 11.8. The summed E-state index contributed by atoms with van der Waals surface area (Å²) < 4.78 is 1.60. The second kappa shape index (κ2) is 6.75. The summed E-state index contributed by atoms with van der Waals surface area (Å²) in [5, 5.41) is 11.3. The minimum absolute atomic E-state index is 0.323. The number of hydrogen-bond acceptors (Lipinski definition) is 2. The zero-order valence-electron chi connectivity index (χ0n) is 9.61. The Balaban J connectivity index is 2.76. The van der Waals surface area contributed by atoms with E-state index in [2.05, 4.69) is 37.2 Å². The summed E-state index contributed by atoms with van der Waals surface area (Å²) in [5.41, 5.74) is 0.590. The molecule has 0 fully saturated rings. The van der Waals surface area contributed by atoms with Gasteiger partial charge in [-0.3, -0.25) is 4.79 Å². The molecule has 0 aliphatic rings. The SMILES string of the molecule is CCN(CC(=O)O)C(=O)Nc1ccc(Br)cc1Br. The number of urea groups is 1. The number of carboxylic acid groups (broad SMARTS) is 1. The number of carbonyl (C=O) groups excluding carboxylic acids is 1. The number of likely N-dealkylation sites (N-methyl/N-ethyl adjacent to an activating group) is 1. The van der Waals surface area contributed by atoms with Crippen LogP contribution < -0.4 is 5.32 Å². The number of carbonyl (C=O) groups is 2. The molecule has 0 saturated heterocycles. The van der Waals surface area contributed by atoms with Crippen LogP contribution in [0.3, 0.4) is 0 Å². The van der Waals surface area contributed by atoms with Crippen LogP contribution in [0.1, 0.15) is 6.92 Å². The van der Waals surface area contributed by atoms with Crippen molar-refractivity contribution in [3.63, 3.8) is 0 Å². The third kappa shape index (κ3) is 4.30. The average molecular weight is 380 g/mol. The lowest BCUT2D eigenvalue weighted by atomic mass is 10.3. The predicted octanol–water partition coefficient (Wildman–Crippen LogP) is 3.15. The number of benzene rings is 1. The quantitative estimate of drug-likeness (QED) is 0.844. The minimum atomic E-state index is -1.04. The third-order valence-corrected chi connectivity index (χ3v) is 3.32. The molecule has 0 unspecified atom stereocenters. The van der Waals surface area contributed by atoms with Crippen molar-refractivity contribution in [2.24, 2.45) is 0 Å². The van der Waals surface area contributed by atoms with Crippen LogP contribution in [0.15, 0.2) is 27.1 Å². The van der Waals surface area contributed by atoms with Gasteiger partial charge in [-0.2, -0.15) is 0 Å². The molecule has 0 heterocycles. The molecule has 0 aromatic heterocycles. The van der Waals surface area contributed by atoms with Crippen LogP contribution >= 0.6 is 31.9 Å². The van der Waals surface area contributed by atoms with E-state index in [9.17, 15) is 9.59 Å². The first-order valence-corrected chi connectivity index (χ1v) is 6.75. The Morgan fingerprint density at radius 1 is 1.39 bits per heavy atom. The molecule has 18 heavy (non-hydrogen) atoms. The molecule has 2 N–H and O–H groups in total. The smallest absolute Gasteiger partial charge is 0.323 e. The molecule has 0 spiro atoms. The summed E-state index contributed by atoms with van der Waals surface area (Å²) in [4.78, 5) is 23.6. The third-order valence-electron chi connectivity index (χ3n) is 2.17. The minimum Gasteiger partial charge on any atom is -0.480 e. The van der Waals surface area contributed by atoms with Crippen molar-refractivity contribution in [3.05, 3.63) is 27.1 Å². The van der Waals surface area contributed by atoms with Crippen LogP contribution in [-0.2, 0) is 4.79 Å². The van der Waals surface area contributed by atoms with E-state index in [0.29, 0.717) is 12.2 Å². The maximum absolute atomic E-state index is 11.8. The number of hydrogen-bond donors (Lipinski definition) is 2. The molecule has 0 saturated carbocycles. The topological polar surface area (TPSA) is 69.6 Å². The highest BCUT2D eigenvalue weighted by atomic mass is 79.9. The molecule has 1 aromatic carbocycles. The zero-order chi connectivity index (χ0) is 13.7. The van der Waals surface area contributed by atoms with Crippen LogP contribution in [0.5, 0.6) is 0 Å². The van der Waals surface area contributed by atoms with Crippen molar-refractivity contribution in [1.29, 1.82) is 0 Å². The maximum Gasteiger partial charge on any atom is 0.323 e. The summed E-state index contributed by atoms with van der Waals surface area (Å²) in [6.45, 7) is 1.72. The molecule has 0 atom stereocenters. The highest BCUT2D eigenvalue weighted by Crippen LogP contribution is 2.26. The summed E-state index contributed by atoms with van der Waals surface area (Å²) in [5.74, 6) is -1.04. The Labute approximate surface area is 121 Å². The fourth-order valence-electron chi connectivity index (χ4n) is 1.28. The number of amides is 2. The van der Waals surface area contributed by atoms with Crippen LogP contribution in [0, 0.1) is 0 Å². The van der Waals surface area contributed by atoms with Gasteiger partial charge in [-0.1, -0.05) is 15.9 Å².